The number of halogens is 1. The van der Waals surface area contributed by atoms with Crippen LogP contribution in [0.25, 0.3) is 0 Å². The molecule has 5 nitrogen and oxygen atoms in total. The third-order valence-electron chi connectivity index (χ3n) is 4.95. The Morgan fingerprint density at radius 1 is 1.07 bits per heavy atom. The van der Waals surface area contributed by atoms with E-state index in [9.17, 15) is 17.6 Å². The fraction of sp³-hybridized carbons (Fsp3) is 0.381. The average molecular weight is 405 g/mol. The van der Waals surface area contributed by atoms with Crippen molar-refractivity contribution in [2.24, 2.45) is 0 Å². The SMILES string of the molecule is CC(C)(C)c1ccc(NC(=O)[C@@H]2CCCN2S(=O)(=O)c2ccc(F)cc2)cc1. The highest BCUT2D eigenvalue weighted by molar-refractivity contribution is 7.89. The van der Waals surface area contributed by atoms with Crippen LogP contribution < -0.4 is 5.32 Å². The standard InChI is InChI=1S/C21H25FN2O3S/c1-21(2,3)15-6-10-17(11-7-15)23-20(25)19-5-4-14-24(19)28(26,27)18-12-8-16(22)9-13-18/h6-13,19H,4-5,14H2,1-3H3,(H,23,25)/t19-/m0/s1. The molecule has 1 saturated heterocycles. The van der Waals surface area contributed by atoms with Gasteiger partial charge in [-0.15, -0.1) is 0 Å². The number of rotatable bonds is 4. The van der Waals surface area contributed by atoms with Crippen molar-refractivity contribution in [1.29, 1.82) is 0 Å². The second kappa shape index (κ2) is 7.64. The number of sulfonamides is 1. The van der Waals surface area contributed by atoms with Crippen LogP contribution in [-0.2, 0) is 20.2 Å². The Bertz CT molecular complexity index is 949. The zero-order valence-corrected chi connectivity index (χ0v) is 17.1. The predicted molar refractivity (Wildman–Crippen MR) is 107 cm³/mol. The second-order valence-corrected chi connectivity index (χ2v) is 9.93. The summed E-state index contributed by atoms with van der Waals surface area (Å²) in [6, 6.07) is 11.4. The molecule has 2 aromatic carbocycles. The van der Waals surface area contributed by atoms with Crippen LogP contribution in [0.1, 0.15) is 39.2 Å². The number of carbonyl (C=O) groups is 1. The van der Waals surface area contributed by atoms with Crippen molar-refractivity contribution in [2.45, 2.75) is 50.0 Å². The first-order valence-electron chi connectivity index (χ1n) is 9.28. The average Bonchev–Trinajstić information content (AvgIpc) is 3.12. The smallest absolute Gasteiger partial charge is 0.243 e. The maximum atomic E-state index is 13.1. The summed E-state index contributed by atoms with van der Waals surface area (Å²) in [5, 5.41) is 2.82. The molecule has 0 bridgehead atoms. The minimum atomic E-state index is -3.86. The molecule has 0 saturated carbocycles. The molecular formula is C21H25FN2O3S. The largest absolute Gasteiger partial charge is 0.325 e. The lowest BCUT2D eigenvalue weighted by Gasteiger charge is -2.24. The Hall–Kier alpha value is -2.25. The highest BCUT2D eigenvalue weighted by Gasteiger charge is 2.39. The lowest BCUT2D eigenvalue weighted by atomic mass is 9.87. The van der Waals surface area contributed by atoms with Crippen LogP contribution in [-0.4, -0.2) is 31.2 Å². The van der Waals surface area contributed by atoms with Gasteiger partial charge >= 0.3 is 0 Å². The van der Waals surface area contributed by atoms with E-state index in [2.05, 4.69) is 26.1 Å². The van der Waals surface area contributed by atoms with Crippen LogP contribution in [0, 0.1) is 5.82 Å². The van der Waals surface area contributed by atoms with Crippen molar-refractivity contribution in [3.8, 4) is 0 Å². The quantitative estimate of drug-likeness (QED) is 0.840. The molecule has 7 heteroatoms. The van der Waals surface area contributed by atoms with Crippen molar-refractivity contribution in [1.82, 2.24) is 4.31 Å². The minimum Gasteiger partial charge on any atom is -0.325 e. The molecule has 1 atom stereocenters. The molecule has 150 valence electrons. The van der Waals surface area contributed by atoms with Gasteiger partial charge in [0.1, 0.15) is 11.9 Å². The van der Waals surface area contributed by atoms with Gasteiger partial charge in [0.15, 0.2) is 0 Å². The van der Waals surface area contributed by atoms with Crippen molar-refractivity contribution in [3.63, 3.8) is 0 Å². The van der Waals surface area contributed by atoms with Gasteiger partial charge in [-0.05, 0) is 60.2 Å². The van der Waals surface area contributed by atoms with Crippen LogP contribution in [0.5, 0.6) is 0 Å². The van der Waals surface area contributed by atoms with E-state index in [1.54, 1.807) is 0 Å². The normalized spacial score (nSPS) is 18.2. The van der Waals surface area contributed by atoms with Gasteiger partial charge in [0.05, 0.1) is 4.90 Å². The first kappa shape index (κ1) is 20.5. The lowest BCUT2D eigenvalue weighted by molar-refractivity contribution is -0.119. The van der Waals surface area contributed by atoms with E-state index in [1.165, 1.54) is 16.4 Å². The lowest BCUT2D eigenvalue weighted by Crippen LogP contribution is -2.43. The molecule has 0 aromatic heterocycles. The van der Waals surface area contributed by atoms with Crippen LogP contribution in [0.2, 0.25) is 0 Å². The Morgan fingerprint density at radius 2 is 1.68 bits per heavy atom. The summed E-state index contributed by atoms with van der Waals surface area (Å²) >= 11 is 0. The molecule has 0 unspecified atom stereocenters. The molecule has 1 aliphatic rings. The van der Waals surface area contributed by atoms with Crippen molar-refractivity contribution < 1.29 is 17.6 Å². The van der Waals surface area contributed by atoms with Gasteiger partial charge in [-0.1, -0.05) is 32.9 Å². The summed E-state index contributed by atoms with van der Waals surface area (Å²) in [5.74, 6) is -0.861. The molecule has 1 heterocycles. The number of hydrogen-bond acceptors (Lipinski definition) is 3. The van der Waals surface area contributed by atoms with E-state index in [1.807, 2.05) is 24.3 Å². The summed E-state index contributed by atoms with van der Waals surface area (Å²) in [6.07, 6.45) is 1.05. The molecule has 1 fully saturated rings. The molecule has 3 rings (SSSR count). The number of anilines is 1. The maximum absolute atomic E-state index is 13.1. The monoisotopic (exact) mass is 404 g/mol. The van der Waals surface area contributed by atoms with Gasteiger partial charge in [0.2, 0.25) is 15.9 Å². The van der Waals surface area contributed by atoms with Gasteiger partial charge in [-0.3, -0.25) is 4.79 Å². The van der Waals surface area contributed by atoms with E-state index in [0.717, 1.165) is 17.7 Å². The number of amides is 1. The second-order valence-electron chi connectivity index (χ2n) is 8.04. The highest BCUT2D eigenvalue weighted by atomic mass is 32.2. The van der Waals surface area contributed by atoms with Crippen LogP contribution in [0.15, 0.2) is 53.4 Å². The predicted octanol–water partition coefficient (Wildman–Crippen LogP) is 3.92. The fourth-order valence-corrected chi connectivity index (χ4v) is 4.97. The van der Waals surface area contributed by atoms with Crippen molar-refractivity contribution in [3.05, 3.63) is 59.9 Å². The third kappa shape index (κ3) is 4.25. The molecule has 0 spiro atoms. The fourth-order valence-electron chi connectivity index (χ4n) is 3.31. The molecule has 0 aliphatic carbocycles. The minimum absolute atomic E-state index is 0.00796. The summed E-state index contributed by atoms with van der Waals surface area (Å²) in [5.41, 5.74) is 1.78. The summed E-state index contributed by atoms with van der Waals surface area (Å²) in [7, 11) is -3.86. The van der Waals surface area contributed by atoms with E-state index in [-0.39, 0.29) is 22.8 Å². The number of hydrogen-bond donors (Lipinski definition) is 1. The Morgan fingerprint density at radius 3 is 2.25 bits per heavy atom. The molecule has 0 radical (unpaired) electrons. The third-order valence-corrected chi connectivity index (χ3v) is 6.87. The van der Waals surface area contributed by atoms with Gasteiger partial charge in [-0.25, -0.2) is 12.8 Å². The Kier molecular flexibility index (Phi) is 5.59. The maximum Gasteiger partial charge on any atom is 0.243 e. The molecule has 1 N–H and O–H groups in total. The Labute approximate surface area is 165 Å². The summed E-state index contributed by atoms with van der Waals surface area (Å²) < 4.78 is 40.1. The first-order valence-corrected chi connectivity index (χ1v) is 10.7. The number of nitrogens with one attached hydrogen (secondary N) is 1. The van der Waals surface area contributed by atoms with Gasteiger partial charge in [0.25, 0.3) is 0 Å². The molecule has 2 aromatic rings. The number of nitrogens with zero attached hydrogens (tertiary/aromatic N) is 1. The van der Waals surface area contributed by atoms with Crippen LogP contribution in [0.3, 0.4) is 0 Å². The molecule has 28 heavy (non-hydrogen) atoms. The van der Waals surface area contributed by atoms with E-state index >= 15 is 0 Å². The summed E-state index contributed by atoms with van der Waals surface area (Å²) in [4.78, 5) is 12.8. The topological polar surface area (TPSA) is 66.5 Å². The van der Waals surface area contributed by atoms with Crippen LogP contribution in [0.4, 0.5) is 10.1 Å². The van der Waals surface area contributed by atoms with E-state index in [4.69, 9.17) is 0 Å². The zero-order valence-electron chi connectivity index (χ0n) is 16.3. The number of benzene rings is 2. The number of carbonyl (C=O) groups excluding carboxylic acids is 1. The highest BCUT2D eigenvalue weighted by Crippen LogP contribution is 2.28. The zero-order chi connectivity index (χ0) is 20.5. The molecule has 1 aliphatic heterocycles. The van der Waals surface area contributed by atoms with Crippen molar-refractivity contribution in [2.75, 3.05) is 11.9 Å². The van der Waals surface area contributed by atoms with Gasteiger partial charge in [0, 0.05) is 12.2 Å². The first-order chi connectivity index (χ1) is 13.1. The summed E-state index contributed by atoms with van der Waals surface area (Å²) in [6.45, 7) is 6.59. The van der Waals surface area contributed by atoms with E-state index < -0.39 is 21.9 Å². The van der Waals surface area contributed by atoms with Gasteiger partial charge in [-0.2, -0.15) is 4.31 Å². The van der Waals surface area contributed by atoms with Crippen LogP contribution >= 0.6 is 0 Å². The van der Waals surface area contributed by atoms with Crippen molar-refractivity contribution >= 4 is 21.6 Å². The van der Waals surface area contributed by atoms with E-state index in [0.29, 0.717) is 18.5 Å². The molecule has 1 amide bonds. The van der Waals surface area contributed by atoms with Gasteiger partial charge < -0.3 is 5.32 Å². The molecular weight excluding hydrogens is 379 g/mol. The Balaban J connectivity index is 1.77.